The van der Waals surface area contributed by atoms with Crippen LogP contribution in [0.3, 0.4) is 0 Å². The summed E-state index contributed by atoms with van der Waals surface area (Å²) in [6, 6.07) is 8.04. The van der Waals surface area contributed by atoms with Gasteiger partial charge < -0.3 is 14.6 Å². The van der Waals surface area contributed by atoms with Crippen LogP contribution in [0.5, 0.6) is 0 Å². The van der Waals surface area contributed by atoms with Crippen LogP contribution in [0.15, 0.2) is 24.3 Å². The highest BCUT2D eigenvalue weighted by Gasteiger charge is 2.15. The molecule has 1 fully saturated rings. The molecule has 0 bridgehead atoms. The van der Waals surface area contributed by atoms with Crippen molar-refractivity contribution in [1.82, 2.24) is 0 Å². The number of benzene rings is 1. The molecule has 0 aromatic heterocycles. The molecule has 0 saturated carbocycles. The number of hydrogen-bond donors (Lipinski definition) is 1. The first-order valence-corrected chi connectivity index (χ1v) is 6.72. The van der Waals surface area contributed by atoms with E-state index in [9.17, 15) is 0 Å². The SMILES string of the molecule is OCCC#Cc1cccc(COCC2CCOC2)c1. The Kier molecular flexibility index (Phi) is 5.90. The molecule has 1 saturated heterocycles. The van der Waals surface area contributed by atoms with E-state index < -0.39 is 0 Å². The summed E-state index contributed by atoms with van der Waals surface area (Å²) in [5.74, 6) is 6.50. The third-order valence-corrected chi connectivity index (χ3v) is 3.04. The van der Waals surface area contributed by atoms with E-state index in [0.717, 1.165) is 37.4 Å². The van der Waals surface area contributed by atoms with Gasteiger partial charge in [0.25, 0.3) is 0 Å². The molecular formula is C16H20O3. The van der Waals surface area contributed by atoms with Gasteiger partial charge in [-0.15, -0.1) is 0 Å². The average molecular weight is 260 g/mol. The van der Waals surface area contributed by atoms with E-state index in [1.54, 1.807) is 0 Å². The molecule has 19 heavy (non-hydrogen) atoms. The lowest BCUT2D eigenvalue weighted by atomic mass is 10.1. The maximum absolute atomic E-state index is 8.69. The predicted molar refractivity (Wildman–Crippen MR) is 73.6 cm³/mol. The lowest BCUT2D eigenvalue weighted by molar-refractivity contribution is 0.0791. The molecule has 1 aliphatic rings. The van der Waals surface area contributed by atoms with Crippen molar-refractivity contribution in [3.05, 3.63) is 35.4 Å². The zero-order chi connectivity index (χ0) is 13.3. The van der Waals surface area contributed by atoms with Crippen LogP contribution in [-0.4, -0.2) is 31.5 Å². The molecule has 1 N–H and O–H groups in total. The molecule has 102 valence electrons. The second-order valence-electron chi connectivity index (χ2n) is 4.72. The van der Waals surface area contributed by atoms with Crippen molar-refractivity contribution in [2.45, 2.75) is 19.4 Å². The molecular weight excluding hydrogens is 240 g/mol. The summed E-state index contributed by atoms with van der Waals surface area (Å²) in [7, 11) is 0. The minimum atomic E-state index is 0.110. The van der Waals surface area contributed by atoms with E-state index in [1.807, 2.05) is 24.3 Å². The third-order valence-electron chi connectivity index (χ3n) is 3.04. The molecule has 1 aromatic carbocycles. The molecule has 1 unspecified atom stereocenters. The van der Waals surface area contributed by atoms with E-state index in [2.05, 4.69) is 11.8 Å². The summed E-state index contributed by atoms with van der Waals surface area (Å²) in [6.45, 7) is 3.18. The zero-order valence-corrected chi connectivity index (χ0v) is 11.1. The predicted octanol–water partition coefficient (Wildman–Crippen LogP) is 1.97. The Morgan fingerprint density at radius 2 is 2.37 bits per heavy atom. The third kappa shape index (κ3) is 5.04. The van der Waals surface area contributed by atoms with Crippen LogP contribution >= 0.6 is 0 Å². The smallest absolute Gasteiger partial charge is 0.0717 e. The largest absolute Gasteiger partial charge is 0.395 e. The molecule has 0 amide bonds. The molecule has 2 rings (SSSR count). The van der Waals surface area contributed by atoms with E-state index in [4.69, 9.17) is 14.6 Å². The van der Waals surface area contributed by atoms with Gasteiger partial charge in [0.2, 0.25) is 0 Å². The number of aliphatic hydroxyl groups is 1. The Morgan fingerprint density at radius 1 is 1.42 bits per heavy atom. The Morgan fingerprint density at radius 3 is 3.16 bits per heavy atom. The fraction of sp³-hybridized carbons (Fsp3) is 0.500. The highest BCUT2D eigenvalue weighted by atomic mass is 16.5. The average Bonchev–Trinajstić information content (AvgIpc) is 2.93. The number of aliphatic hydroxyl groups excluding tert-OH is 1. The summed E-state index contributed by atoms with van der Waals surface area (Å²) in [4.78, 5) is 0. The van der Waals surface area contributed by atoms with Crippen LogP contribution in [-0.2, 0) is 16.1 Å². The van der Waals surface area contributed by atoms with Gasteiger partial charge in [-0.1, -0.05) is 24.0 Å². The summed E-state index contributed by atoms with van der Waals surface area (Å²) in [5.41, 5.74) is 2.11. The lowest BCUT2D eigenvalue weighted by Gasteiger charge is -2.08. The summed E-state index contributed by atoms with van der Waals surface area (Å²) in [6.07, 6.45) is 1.62. The van der Waals surface area contributed by atoms with Gasteiger partial charge in [0.1, 0.15) is 0 Å². The van der Waals surface area contributed by atoms with E-state index in [0.29, 0.717) is 18.9 Å². The minimum Gasteiger partial charge on any atom is -0.395 e. The number of ether oxygens (including phenoxy) is 2. The first kappa shape index (κ1) is 14.1. The number of hydrogen-bond acceptors (Lipinski definition) is 3. The van der Waals surface area contributed by atoms with E-state index >= 15 is 0 Å². The van der Waals surface area contributed by atoms with Crippen LogP contribution < -0.4 is 0 Å². The second kappa shape index (κ2) is 7.96. The Hall–Kier alpha value is -1.34. The highest BCUT2D eigenvalue weighted by molar-refractivity contribution is 5.36. The Balaban J connectivity index is 1.79. The van der Waals surface area contributed by atoms with Gasteiger partial charge in [-0.3, -0.25) is 0 Å². The molecule has 1 atom stereocenters. The van der Waals surface area contributed by atoms with Crippen molar-refractivity contribution in [3.8, 4) is 11.8 Å². The standard InChI is InChI=1S/C16H20O3/c17-8-2-1-4-14-5-3-6-15(10-14)11-19-13-16-7-9-18-12-16/h3,5-6,10,16-17H,2,7-9,11-13H2. The molecule has 3 heteroatoms. The summed E-state index contributed by atoms with van der Waals surface area (Å²) >= 11 is 0. The van der Waals surface area contributed by atoms with Gasteiger partial charge in [-0.25, -0.2) is 0 Å². The van der Waals surface area contributed by atoms with Crippen molar-refractivity contribution in [3.63, 3.8) is 0 Å². The topological polar surface area (TPSA) is 38.7 Å². The van der Waals surface area contributed by atoms with Crippen LogP contribution in [0.2, 0.25) is 0 Å². The van der Waals surface area contributed by atoms with Crippen LogP contribution in [0.1, 0.15) is 24.0 Å². The van der Waals surface area contributed by atoms with Gasteiger partial charge in [0.05, 0.1) is 26.4 Å². The van der Waals surface area contributed by atoms with Crippen LogP contribution in [0, 0.1) is 17.8 Å². The quantitative estimate of drug-likeness (QED) is 0.823. The lowest BCUT2D eigenvalue weighted by Crippen LogP contribution is -2.09. The molecule has 0 aliphatic carbocycles. The summed E-state index contributed by atoms with van der Waals surface area (Å²) < 4.78 is 11.0. The fourth-order valence-corrected chi connectivity index (χ4v) is 2.02. The summed E-state index contributed by atoms with van der Waals surface area (Å²) in [5, 5.41) is 8.69. The second-order valence-corrected chi connectivity index (χ2v) is 4.72. The zero-order valence-electron chi connectivity index (χ0n) is 11.1. The van der Waals surface area contributed by atoms with Gasteiger partial charge in [0.15, 0.2) is 0 Å². The molecule has 0 spiro atoms. The van der Waals surface area contributed by atoms with Crippen molar-refractivity contribution in [2.24, 2.45) is 5.92 Å². The maximum atomic E-state index is 8.69. The van der Waals surface area contributed by atoms with E-state index in [-0.39, 0.29) is 6.61 Å². The maximum Gasteiger partial charge on any atom is 0.0717 e. The van der Waals surface area contributed by atoms with E-state index in [1.165, 1.54) is 0 Å². The molecule has 1 heterocycles. The van der Waals surface area contributed by atoms with Crippen molar-refractivity contribution < 1.29 is 14.6 Å². The Labute approximate surface area is 114 Å². The van der Waals surface area contributed by atoms with Crippen LogP contribution in [0.25, 0.3) is 0 Å². The first-order chi connectivity index (χ1) is 9.38. The molecule has 3 nitrogen and oxygen atoms in total. The highest BCUT2D eigenvalue weighted by Crippen LogP contribution is 2.13. The molecule has 0 radical (unpaired) electrons. The first-order valence-electron chi connectivity index (χ1n) is 6.72. The fourth-order valence-electron chi connectivity index (χ4n) is 2.02. The molecule has 1 aliphatic heterocycles. The van der Waals surface area contributed by atoms with Crippen molar-refractivity contribution in [2.75, 3.05) is 26.4 Å². The molecule has 1 aromatic rings. The van der Waals surface area contributed by atoms with Gasteiger partial charge in [-0.05, 0) is 24.1 Å². The van der Waals surface area contributed by atoms with Gasteiger partial charge >= 0.3 is 0 Å². The monoisotopic (exact) mass is 260 g/mol. The van der Waals surface area contributed by atoms with Gasteiger partial charge in [0, 0.05) is 24.5 Å². The van der Waals surface area contributed by atoms with Crippen molar-refractivity contribution >= 4 is 0 Å². The number of rotatable bonds is 5. The minimum absolute atomic E-state index is 0.110. The normalized spacial score (nSPS) is 18.1. The Bertz CT molecular complexity index is 439. The van der Waals surface area contributed by atoms with Gasteiger partial charge in [-0.2, -0.15) is 0 Å². The van der Waals surface area contributed by atoms with Crippen LogP contribution in [0.4, 0.5) is 0 Å². The van der Waals surface area contributed by atoms with Crippen molar-refractivity contribution in [1.29, 1.82) is 0 Å².